The summed E-state index contributed by atoms with van der Waals surface area (Å²) in [6.07, 6.45) is 13.4. The van der Waals surface area contributed by atoms with E-state index in [4.69, 9.17) is 0 Å². The predicted molar refractivity (Wildman–Crippen MR) is 110 cm³/mol. The molecule has 5 rings (SSSR count). The Morgan fingerprint density at radius 2 is 1.82 bits per heavy atom. The Labute approximate surface area is 163 Å². The van der Waals surface area contributed by atoms with Gasteiger partial charge in [-0.2, -0.15) is 5.10 Å². The highest BCUT2D eigenvalue weighted by molar-refractivity contribution is 5.84. The van der Waals surface area contributed by atoms with E-state index in [0.29, 0.717) is 5.92 Å². The highest BCUT2D eigenvalue weighted by atomic mass is 15.2. The lowest BCUT2D eigenvalue weighted by Crippen LogP contribution is -2.33. The standard InChI is InChI=1S/C22H22N6/c1-27-15-20(13-26-27)19-11-18-10-17(2-3-21(18)25-12-19)16-4-8-28(9-5-16)22-14-23-6-7-24-22/h2-3,6-7,10-16H,4-5,8-9H2,1H3. The van der Waals surface area contributed by atoms with Crippen molar-refractivity contribution in [1.82, 2.24) is 24.7 Å². The fourth-order valence-corrected chi connectivity index (χ4v) is 4.03. The Balaban J connectivity index is 1.37. The second-order valence-electron chi connectivity index (χ2n) is 7.40. The van der Waals surface area contributed by atoms with E-state index in [2.05, 4.69) is 49.2 Å². The summed E-state index contributed by atoms with van der Waals surface area (Å²) in [6, 6.07) is 8.91. The number of fused-ring (bicyclic) bond motifs is 1. The fourth-order valence-electron chi connectivity index (χ4n) is 4.03. The van der Waals surface area contributed by atoms with Crippen LogP contribution in [0.15, 0.2) is 61.4 Å². The van der Waals surface area contributed by atoms with Crippen molar-refractivity contribution in [2.75, 3.05) is 18.0 Å². The summed E-state index contributed by atoms with van der Waals surface area (Å²) in [5.74, 6) is 1.55. The zero-order valence-electron chi connectivity index (χ0n) is 15.9. The molecule has 0 bridgehead atoms. The zero-order chi connectivity index (χ0) is 18.9. The molecule has 0 radical (unpaired) electrons. The number of aryl methyl sites for hydroxylation is 1. The van der Waals surface area contributed by atoms with Crippen LogP contribution in [0.3, 0.4) is 0 Å². The molecule has 6 nitrogen and oxygen atoms in total. The van der Waals surface area contributed by atoms with Gasteiger partial charge in [-0.15, -0.1) is 0 Å². The number of hydrogen-bond donors (Lipinski definition) is 0. The lowest BCUT2D eigenvalue weighted by atomic mass is 9.88. The lowest BCUT2D eigenvalue weighted by Gasteiger charge is -2.32. The zero-order valence-corrected chi connectivity index (χ0v) is 15.9. The number of benzene rings is 1. The summed E-state index contributed by atoms with van der Waals surface area (Å²) in [4.78, 5) is 15.6. The number of nitrogens with zero attached hydrogens (tertiary/aromatic N) is 6. The van der Waals surface area contributed by atoms with Crippen LogP contribution in [-0.4, -0.2) is 37.8 Å². The van der Waals surface area contributed by atoms with Gasteiger partial charge in [-0.3, -0.25) is 14.6 Å². The van der Waals surface area contributed by atoms with Gasteiger partial charge in [0.1, 0.15) is 5.82 Å². The van der Waals surface area contributed by atoms with Crippen molar-refractivity contribution >= 4 is 16.7 Å². The quantitative estimate of drug-likeness (QED) is 0.549. The van der Waals surface area contributed by atoms with Crippen LogP contribution in [-0.2, 0) is 7.05 Å². The van der Waals surface area contributed by atoms with Crippen molar-refractivity contribution < 1.29 is 0 Å². The van der Waals surface area contributed by atoms with E-state index in [1.807, 2.05) is 36.5 Å². The predicted octanol–water partition coefficient (Wildman–Crippen LogP) is 3.81. The van der Waals surface area contributed by atoms with Crippen LogP contribution < -0.4 is 4.90 Å². The highest BCUT2D eigenvalue weighted by Gasteiger charge is 2.21. The molecule has 0 spiro atoms. The number of rotatable bonds is 3. The Hall–Kier alpha value is -3.28. The molecule has 0 unspecified atom stereocenters. The average molecular weight is 370 g/mol. The van der Waals surface area contributed by atoms with Gasteiger partial charge in [-0.1, -0.05) is 6.07 Å². The molecule has 0 saturated carbocycles. The summed E-state index contributed by atoms with van der Waals surface area (Å²) in [6.45, 7) is 2.02. The molecule has 3 aromatic heterocycles. The maximum absolute atomic E-state index is 4.64. The summed E-state index contributed by atoms with van der Waals surface area (Å²) in [7, 11) is 1.93. The van der Waals surface area contributed by atoms with Gasteiger partial charge < -0.3 is 4.90 Å². The Bertz CT molecular complexity index is 1100. The molecule has 4 heterocycles. The third-order valence-electron chi connectivity index (χ3n) is 5.58. The maximum atomic E-state index is 4.64. The second kappa shape index (κ2) is 7.03. The number of aromatic nitrogens is 5. The minimum absolute atomic E-state index is 0.569. The van der Waals surface area contributed by atoms with Crippen molar-refractivity contribution in [1.29, 1.82) is 0 Å². The van der Waals surface area contributed by atoms with Crippen LogP contribution in [0.25, 0.3) is 22.0 Å². The number of hydrogen-bond acceptors (Lipinski definition) is 5. The monoisotopic (exact) mass is 370 g/mol. The van der Waals surface area contributed by atoms with Crippen molar-refractivity contribution in [3.05, 3.63) is 67.0 Å². The van der Waals surface area contributed by atoms with Crippen LogP contribution in [0.4, 0.5) is 5.82 Å². The molecule has 140 valence electrons. The van der Waals surface area contributed by atoms with Gasteiger partial charge in [-0.05, 0) is 42.5 Å². The topological polar surface area (TPSA) is 59.7 Å². The largest absolute Gasteiger partial charge is 0.355 e. The van der Waals surface area contributed by atoms with Gasteiger partial charge >= 0.3 is 0 Å². The van der Waals surface area contributed by atoms with Crippen molar-refractivity contribution in [2.24, 2.45) is 7.05 Å². The van der Waals surface area contributed by atoms with E-state index in [1.54, 1.807) is 12.4 Å². The minimum atomic E-state index is 0.569. The first-order valence-electron chi connectivity index (χ1n) is 9.66. The van der Waals surface area contributed by atoms with Crippen molar-refractivity contribution in [3.63, 3.8) is 0 Å². The molecule has 1 aromatic carbocycles. The minimum Gasteiger partial charge on any atom is -0.355 e. The molecule has 1 aliphatic heterocycles. The van der Waals surface area contributed by atoms with E-state index in [1.165, 1.54) is 10.9 Å². The third-order valence-corrected chi connectivity index (χ3v) is 5.58. The van der Waals surface area contributed by atoms with Crippen molar-refractivity contribution in [3.8, 4) is 11.1 Å². The Kier molecular flexibility index (Phi) is 4.24. The van der Waals surface area contributed by atoms with Gasteiger partial charge in [0.2, 0.25) is 0 Å². The fraction of sp³-hybridized carbons (Fsp3) is 0.273. The lowest BCUT2D eigenvalue weighted by molar-refractivity contribution is 0.502. The van der Waals surface area contributed by atoms with Gasteiger partial charge in [0, 0.05) is 61.4 Å². The van der Waals surface area contributed by atoms with Gasteiger partial charge in [-0.25, -0.2) is 4.98 Å². The van der Waals surface area contributed by atoms with E-state index >= 15 is 0 Å². The van der Waals surface area contributed by atoms with E-state index < -0.39 is 0 Å². The first-order chi connectivity index (χ1) is 13.8. The summed E-state index contributed by atoms with van der Waals surface area (Å²) >= 11 is 0. The Morgan fingerprint density at radius 3 is 2.57 bits per heavy atom. The molecule has 4 aromatic rings. The molecule has 1 saturated heterocycles. The molecular weight excluding hydrogens is 348 g/mol. The van der Waals surface area contributed by atoms with Crippen LogP contribution in [0.5, 0.6) is 0 Å². The molecule has 1 fully saturated rings. The summed E-state index contributed by atoms with van der Waals surface area (Å²) in [5.41, 5.74) is 4.64. The first-order valence-corrected chi connectivity index (χ1v) is 9.66. The molecule has 0 aliphatic carbocycles. The molecule has 1 aliphatic rings. The number of piperidine rings is 1. The second-order valence-corrected chi connectivity index (χ2v) is 7.40. The van der Waals surface area contributed by atoms with Crippen LogP contribution in [0.1, 0.15) is 24.3 Å². The van der Waals surface area contributed by atoms with E-state index in [9.17, 15) is 0 Å². The van der Waals surface area contributed by atoms with Gasteiger partial charge in [0.25, 0.3) is 0 Å². The van der Waals surface area contributed by atoms with Gasteiger partial charge in [0.15, 0.2) is 0 Å². The van der Waals surface area contributed by atoms with Crippen molar-refractivity contribution in [2.45, 2.75) is 18.8 Å². The van der Waals surface area contributed by atoms with Crippen LogP contribution >= 0.6 is 0 Å². The third kappa shape index (κ3) is 3.22. The molecule has 0 N–H and O–H groups in total. The van der Waals surface area contributed by atoms with Gasteiger partial charge in [0.05, 0.1) is 17.9 Å². The molecule has 6 heteroatoms. The molecule has 0 amide bonds. The van der Waals surface area contributed by atoms with E-state index in [0.717, 1.165) is 48.4 Å². The molecule has 28 heavy (non-hydrogen) atoms. The molecular formula is C22H22N6. The first kappa shape index (κ1) is 16.9. The molecule has 0 atom stereocenters. The van der Waals surface area contributed by atoms with Crippen LogP contribution in [0, 0.1) is 0 Å². The smallest absolute Gasteiger partial charge is 0.147 e. The summed E-state index contributed by atoms with van der Waals surface area (Å²) in [5, 5.41) is 5.46. The summed E-state index contributed by atoms with van der Waals surface area (Å²) < 4.78 is 1.82. The van der Waals surface area contributed by atoms with E-state index in [-0.39, 0.29) is 0 Å². The highest BCUT2D eigenvalue weighted by Crippen LogP contribution is 2.32. The normalized spacial score (nSPS) is 15.2. The number of pyridine rings is 1. The maximum Gasteiger partial charge on any atom is 0.147 e. The van der Waals surface area contributed by atoms with Crippen LogP contribution in [0.2, 0.25) is 0 Å². The number of anilines is 1. The SMILES string of the molecule is Cn1cc(-c2cnc3ccc(C4CCN(c5cnccn5)CC4)cc3c2)cn1. The Morgan fingerprint density at radius 1 is 0.929 bits per heavy atom. The average Bonchev–Trinajstić information content (AvgIpc) is 3.20.